The van der Waals surface area contributed by atoms with Gasteiger partial charge in [0.25, 0.3) is 11.8 Å². The molecule has 11 heteroatoms. The lowest BCUT2D eigenvalue weighted by Gasteiger charge is -2.14. The average Bonchev–Trinajstić information content (AvgIpc) is 2.71. The topological polar surface area (TPSA) is 80.8 Å². The molecule has 0 bridgehead atoms. The Morgan fingerprint density at radius 3 is 2.38 bits per heavy atom. The molecule has 0 atom stereocenters. The highest BCUT2D eigenvalue weighted by Crippen LogP contribution is 2.32. The number of hydrogen-bond donors (Lipinski definition) is 0. The number of amides is 2. The van der Waals surface area contributed by atoms with E-state index in [9.17, 15) is 31.2 Å². The van der Waals surface area contributed by atoms with Gasteiger partial charge in [-0.15, -0.1) is 21.1 Å². The molecule has 1 aliphatic rings. The fourth-order valence-electron chi connectivity index (χ4n) is 1.83. The Balaban J connectivity index is 2.25. The highest BCUT2D eigenvalue weighted by atomic mass is 32.2. The second kappa shape index (κ2) is 6.73. The van der Waals surface area contributed by atoms with Crippen LogP contribution in [0.25, 0.3) is 0 Å². The fraction of sp³-hybridized carbons (Fsp3) is 0.385. The Morgan fingerprint density at radius 1 is 1.17 bits per heavy atom. The van der Waals surface area contributed by atoms with Crippen LogP contribution in [0.2, 0.25) is 0 Å². The fourth-order valence-corrected chi connectivity index (χ4v) is 3.28. The third kappa shape index (κ3) is 3.57. The summed E-state index contributed by atoms with van der Waals surface area (Å²) < 4.78 is 62.7. The second-order valence-corrected chi connectivity index (χ2v) is 7.48. The predicted octanol–water partition coefficient (Wildman–Crippen LogP) is 2.96. The Labute approximate surface area is 140 Å². The van der Waals surface area contributed by atoms with Crippen LogP contribution in [0.1, 0.15) is 40.5 Å². The van der Waals surface area contributed by atoms with Crippen molar-refractivity contribution in [2.24, 2.45) is 0 Å². The van der Waals surface area contributed by atoms with Crippen LogP contribution in [0, 0.1) is 0 Å². The lowest BCUT2D eigenvalue weighted by molar-refractivity contribution is -0.0748. The van der Waals surface area contributed by atoms with Gasteiger partial charge in [-0.3, -0.25) is 9.59 Å². The van der Waals surface area contributed by atoms with Gasteiger partial charge >= 0.3 is 15.6 Å². The van der Waals surface area contributed by atoms with Gasteiger partial charge in [-0.2, -0.15) is 21.6 Å². The molecule has 0 saturated heterocycles. The van der Waals surface area contributed by atoms with Crippen molar-refractivity contribution >= 4 is 33.7 Å². The Morgan fingerprint density at radius 2 is 1.79 bits per heavy atom. The number of benzene rings is 1. The molecule has 0 saturated carbocycles. The van der Waals surface area contributed by atoms with Crippen molar-refractivity contribution in [3.05, 3.63) is 29.3 Å². The number of unbranched alkanes of at least 4 members (excludes halogenated alkanes) is 1. The second-order valence-electron chi connectivity index (χ2n) is 4.79. The SMILES string of the molecule is CCCCSc1ccc2c(c1)C(=O)N(OS(=O)(=O)C(F)(F)F)C2=O. The largest absolute Gasteiger partial charge is 0.525 e. The molecule has 0 spiro atoms. The molecule has 0 aliphatic carbocycles. The van der Waals surface area contributed by atoms with Crippen LogP contribution in [0.15, 0.2) is 23.1 Å². The van der Waals surface area contributed by atoms with E-state index in [2.05, 4.69) is 4.28 Å². The third-order valence-corrected chi connectivity index (χ3v) is 5.04. The van der Waals surface area contributed by atoms with Crippen molar-refractivity contribution in [1.82, 2.24) is 5.06 Å². The minimum absolute atomic E-state index is 0.195. The molecule has 1 aliphatic heterocycles. The molecule has 132 valence electrons. The van der Waals surface area contributed by atoms with Gasteiger partial charge in [0.05, 0.1) is 11.1 Å². The molecule has 0 N–H and O–H groups in total. The monoisotopic (exact) mass is 383 g/mol. The van der Waals surface area contributed by atoms with Gasteiger partial charge in [-0.25, -0.2) is 0 Å². The van der Waals surface area contributed by atoms with Crippen molar-refractivity contribution in [3.8, 4) is 0 Å². The molecule has 2 rings (SSSR count). The number of imide groups is 1. The third-order valence-electron chi connectivity index (χ3n) is 3.04. The lowest BCUT2D eigenvalue weighted by atomic mass is 10.1. The number of hydroxylamine groups is 2. The number of alkyl halides is 3. The molecule has 6 nitrogen and oxygen atoms in total. The van der Waals surface area contributed by atoms with Gasteiger partial charge in [0.2, 0.25) is 0 Å². The van der Waals surface area contributed by atoms with E-state index < -0.39 is 27.4 Å². The smallest absolute Gasteiger partial charge is 0.266 e. The van der Waals surface area contributed by atoms with Gasteiger partial charge in [-0.1, -0.05) is 13.3 Å². The van der Waals surface area contributed by atoms with Crippen LogP contribution in [-0.4, -0.2) is 36.6 Å². The Hall–Kier alpha value is -1.59. The molecule has 0 aromatic heterocycles. The minimum Gasteiger partial charge on any atom is -0.266 e. The summed E-state index contributed by atoms with van der Waals surface area (Å²) in [5, 5.41) is -0.381. The molecule has 1 aromatic carbocycles. The van der Waals surface area contributed by atoms with E-state index in [-0.39, 0.29) is 16.2 Å². The number of rotatable bonds is 6. The van der Waals surface area contributed by atoms with E-state index in [0.717, 1.165) is 18.6 Å². The number of fused-ring (bicyclic) bond motifs is 1. The van der Waals surface area contributed by atoms with Crippen molar-refractivity contribution in [2.45, 2.75) is 30.2 Å². The zero-order valence-electron chi connectivity index (χ0n) is 12.3. The summed E-state index contributed by atoms with van der Waals surface area (Å²) >= 11 is 1.41. The van der Waals surface area contributed by atoms with Gasteiger partial charge in [-0.05, 0) is 30.4 Å². The van der Waals surface area contributed by atoms with Crippen molar-refractivity contribution in [1.29, 1.82) is 0 Å². The molecular weight excluding hydrogens is 371 g/mol. The van der Waals surface area contributed by atoms with E-state index in [1.165, 1.54) is 30.0 Å². The molecule has 0 radical (unpaired) electrons. The molecule has 1 aromatic rings. The zero-order chi connectivity index (χ0) is 18.1. The van der Waals surface area contributed by atoms with E-state index in [4.69, 9.17) is 0 Å². The van der Waals surface area contributed by atoms with E-state index in [0.29, 0.717) is 4.90 Å². The van der Waals surface area contributed by atoms with Crippen LogP contribution in [0.5, 0.6) is 0 Å². The van der Waals surface area contributed by atoms with Crippen LogP contribution < -0.4 is 0 Å². The number of halogens is 3. The van der Waals surface area contributed by atoms with Crippen LogP contribution >= 0.6 is 11.8 Å². The van der Waals surface area contributed by atoms with Crippen molar-refractivity contribution < 1.29 is 35.5 Å². The Kier molecular flexibility index (Phi) is 5.25. The summed E-state index contributed by atoms with van der Waals surface area (Å²) in [6.45, 7) is 2.00. The quantitative estimate of drug-likeness (QED) is 0.325. The lowest BCUT2D eigenvalue weighted by Crippen LogP contribution is -2.37. The first-order valence-electron chi connectivity index (χ1n) is 6.75. The van der Waals surface area contributed by atoms with E-state index in [1.807, 2.05) is 6.92 Å². The van der Waals surface area contributed by atoms with Gasteiger partial charge in [0, 0.05) is 4.90 Å². The first kappa shape index (κ1) is 18.7. The van der Waals surface area contributed by atoms with Gasteiger partial charge < -0.3 is 0 Å². The molecular formula is C13H12F3NO5S2. The predicted molar refractivity (Wildman–Crippen MR) is 78.6 cm³/mol. The summed E-state index contributed by atoms with van der Waals surface area (Å²) in [6, 6.07) is 4.12. The maximum Gasteiger partial charge on any atom is 0.525 e. The normalized spacial score (nSPS) is 15.1. The summed E-state index contributed by atoms with van der Waals surface area (Å²) in [7, 11) is -6.11. The van der Waals surface area contributed by atoms with Crippen LogP contribution in [0.3, 0.4) is 0 Å². The minimum atomic E-state index is -6.11. The Bertz CT molecular complexity index is 776. The highest BCUT2D eigenvalue weighted by Gasteiger charge is 2.52. The molecule has 24 heavy (non-hydrogen) atoms. The van der Waals surface area contributed by atoms with E-state index in [1.54, 1.807) is 0 Å². The van der Waals surface area contributed by atoms with Gasteiger partial charge in [0.1, 0.15) is 0 Å². The van der Waals surface area contributed by atoms with E-state index >= 15 is 0 Å². The molecule has 2 amide bonds. The van der Waals surface area contributed by atoms with Crippen molar-refractivity contribution in [2.75, 3.05) is 5.75 Å². The number of thioether (sulfide) groups is 1. The highest BCUT2D eigenvalue weighted by molar-refractivity contribution is 7.99. The maximum atomic E-state index is 12.3. The standard InChI is InChI=1S/C13H12F3NO5S2/c1-2-3-6-23-8-4-5-9-10(7-8)12(19)17(11(9)18)22-24(20,21)13(14,15)16/h4-5,7H,2-3,6H2,1H3. The first-order chi connectivity index (χ1) is 11.1. The van der Waals surface area contributed by atoms with Gasteiger partial charge in [0.15, 0.2) is 0 Å². The number of carbonyl (C=O) groups excluding carboxylic acids is 2. The molecule has 0 fully saturated rings. The van der Waals surface area contributed by atoms with Crippen molar-refractivity contribution in [3.63, 3.8) is 0 Å². The first-order valence-corrected chi connectivity index (χ1v) is 9.14. The number of carbonyl (C=O) groups is 2. The number of nitrogens with zero attached hydrogens (tertiary/aromatic N) is 1. The van der Waals surface area contributed by atoms with Crippen LogP contribution in [-0.2, 0) is 14.4 Å². The molecule has 1 heterocycles. The maximum absolute atomic E-state index is 12.3. The average molecular weight is 383 g/mol. The zero-order valence-corrected chi connectivity index (χ0v) is 13.9. The summed E-state index contributed by atoms with van der Waals surface area (Å²) in [5.74, 6) is -1.74. The summed E-state index contributed by atoms with van der Waals surface area (Å²) in [4.78, 5) is 24.6. The number of hydrogen-bond acceptors (Lipinski definition) is 6. The summed E-state index contributed by atoms with van der Waals surface area (Å²) in [6.07, 6.45) is 1.89. The van der Waals surface area contributed by atoms with Crippen LogP contribution in [0.4, 0.5) is 13.2 Å². The molecule has 0 unspecified atom stereocenters. The summed E-state index contributed by atoms with van der Waals surface area (Å²) in [5.41, 5.74) is -6.15.